The number of piperidine rings is 1. The molecule has 0 spiro atoms. The highest BCUT2D eigenvalue weighted by Crippen LogP contribution is 2.20. The molecule has 3 nitrogen and oxygen atoms in total. The molecule has 1 aliphatic rings. The number of likely N-dealkylation sites (tertiary alicyclic amines) is 1. The van der Waals surface area contributed by atoms with Crippen LogP contribution >= 0.6 is 0 Å². The van der Waals surface area contributed by atoms with E-state index in [9.17, 15) is 4.79 Å². The van der Waals surface area contributed by atoms with Crippen molar-refractivity contribution in [3.63, 3.8) is 0 Å². The minimum Gasteiger partial charge on any atom is -0.336 e. The van der Waals surface area contributed by atoms with Crippen LogP contribution in [-0.4, -0.2) is 28.4 Å². The molecule has 0 saturated carbocycles. The Bertz CT molecular complexity index is 428. The van der Waals surface area contributed by atoms with Crippen molar-refractivity contribution in [3.05, 3.63) is 29.6 Å². The van der Waals surface area contributed by atoms with E-state index >= 15 is 0 Å². The third kappa shape index (κ3) is 2.71. The lowest BCUT2D eigenvalue weighted by atomic mass is 10.0. The standard InChI is InChI=1S/C15H22N2O/c1-11(2)14-10-13(7-8-16-14)15(18)17-9-5-4-6-12(17)3/h7-8,10-12H,4-6,9H2,1-3H3/t12-/m0/s1. The van der Waals surface area contributed by atoms with Gasteiger partial charge in [-0.3, -0.25) is 9.78 Å². The summed E-state index contributed by atoms with van der Waals surface area (Å²) >= 11 is 0. The molecule has 0 aromatic carbocycles. The Hall–Kier alpha value is -1.38. The average Bonchev–Trinajstić information content (AvgIpc) is 2.38. The van der Waals surface area contributed by atoms with Crippen LogP contribution in [0.3, 0.4) is 0 Å². The van der Waals surface area contributed by atoms with Crippen molar-refractivity contribution in [3.8, 4) is 0 Å². The zero-order valence-corrected chi connectivity index (χ0v) is 11.5. The predicted octanol–water partition coefficient (Wildman–Crippen LogP) is 3.22. The van der Waals surface area contributed by atoms with Gasteiger partial charge in [-0.1, -0.05) is 13.8 Å². The van der Waals surface area contributed by atoms with Gasteiger partial charge in [0, 0.05) is 30.0 Å². The first-order valence-electron chi connectivity index (χ1n) is 6.86. The van der Waals surface area contributed by atoms with Crippen LogP contribution in [0.4, 0.5) is 0 Å². The van der Waals surface area contributed by atoms with Gasteiger partial charge in [0.2, 0.25) is 0 Å². The number of carbonyl (C=O) groups is 1. The second-order valence-electron chi connectivity index (χ2n) is 5.47. The Morgan fingerprint density at radius 2 is 2.22 bits per heavy atom. The molecule has 1 fully saturated rings. The first-order chi connectivity index (χ1) is 8.59. The number of aromatic nitrogens is 1. The second kappa shape index (κ2) is 5.51. The molecule has 0 radical (unpaired) electrons. The van der Waals surface area contributed by atoms with Crippen molar-refractivity contribution in [2.75, 3.05) is 6.54 Å². The van der Waals surface area contributed by atoms with E-state index in [1.54, 1.807) is 6.20 Å². The fraction of sp³-hybridized carbons (Fsp3) is 0.600. The second-order valence-corrected chi connectivity index (χ2v) is 5.47. The maximum Gasteiger partial charge on any atom is 0.254 e. The van der Waals surface area contributed by atoms with Gasteiger partial charge in [-0.05, 0) is 44.2 Å². The summed E-state index contributed by atoms with van der Waals surface area (Å²) in [6.07, 6.45) is 5.22. The van der Waals surface area contributed by atoms with Crippen molar-refractivity contribution in [1.82, 2.24) is 9.88 Å². The van der Waals surface area contributed by atoms with E-state index < -0.39 is 0 Å². The quantitative estimate of drug-likeness (QED) is 0.802. The lowest BCUT2D eigenvalue weighted by Crippen LogP contribution is -2.42. The smallest absolute Gasteiger partial charge is 0.254 e. The normalized spacial score (nSPS) is 20.2. The molecule has 0 aliphatic carbocycles. The lowest BCUT2D eigenvalue weighted by Gasteiger charge is -2.33. The fourth-order valence-electron chi connectivity index (χ4n) is 2.46. The molecule has 18 heavy (non-hydrogen) atoms. The van der Waals surface area contributed by atoms with Gasteiger partial charge < -0.3 is 4.90 Å². The van der Waals surface area contributed by atoms with Crippen LogP contribution in [0.25, 0.3) is 0 Å². The van der Waals surface area contributed by atoms with Crippen LogP contribution in [0.15, 0.2) is 18.3 Å². The summed E-state index contributed by atoms with van der Waals surface area (Å²) in [7, 11) is 0. The Labute approximate surface area is 109 Å². The van der Waals surface area contributed by atoms with Gasteiger partial charge in [0.25, 0.3) is 5.91 Å². The highest BCUT2D eigenvalue weighted by Gasteiger charge is 2.24. The predicted molar refractivity (Wildman–Crippen MR) is 72.7 cm³/mol. The molecule has 0 unspecified atom stereocenters. The van der Waals surface area contributed by atoms with Crippen molar-refractivity contribution < 1.29 is 4.79 Å². The molecule has 2 heterocycles. The largest absolute Gasteiger partial charge is 0.336 e. The summed E-state index contributed by atoms with van der Waals surface area (Å²) in [4.78, 5) is 18.8. The molecule has 1 aliphatic heterocycles. The first kappa shape index (κ1) is 13.1. The maximum absolute atomic E-state index is 12.5. The van der Waals surface area contributed by atoms with Crippen molar-refractivity contribution in [2.24, 2.45) is 0 Å². The minimum absolute atomic E-state index is 0.159. The monoisotopic (exact) mass is 246 g/mol. The zero-order chi connectivity index (χ0) is 13.1. The molecule has 1 saturated heterocycles. The van der Waals surface area contributed by atoms with Crippen LogP contribution in [0.5, 0.6) is 0 Å². The Kier molecular flexibility index (Phi) is 4.00. The van der Waals surface area contributed by atoms with E-state index in [0.717, 1.165) is 30.6 Å². The van der Waals surface area contributed by atoms with Crippen LogP contribution < -0.4 is 0 Å². The number of nitrogens with zero attached hydrogens (tertiary/aromatic N) is 2. The van der Waals surface area contributed by atoms with Gasteiger partial charge in [0.15, 0.2) is 0 Å². The van der Waals surface area contributed by atoms with Gasteiger partial charge in [-0.15, -0.1) is 0 Å². The molecule has 3 heteroatoms. The Morgan fingerprint density at radius 3 is 2.89 bits per heavy atom. The number of hydrogen-bond acceptors (Lipinski definition) is 2. The Balaban J connectivity index is 2.19. The maximum atomic E-state index is 12.5. The summed E-state index contributed by atoms with van der Waals surface area (Å²) in [5, 5.41) is 0. The lowest BCUT2D eigenvalue weighted by molar-refractivity contribution is 0.0635. The summed E-state index contributed by atoms with van der Waals surface area (Å²) in [5.74, 6) is 0.517. The van der Waals surface area contributed by atoms with Crippen LogP contribution in [0.1, 0.15) is 62.0 Å². The minimum atomic E-state index is 0.159. The topological polar surface area (TPSA) is 33.2 Å². The summed E-state index contributed by atoms with van der Waals surface area (Å²) in [6.45, 7) is 7.22. The van der Waals surface area contributed by atoms with Gasteiger partial charge in [-0.2, -0.15) is 0 Å². The molecule has 2 rings (SSSR count). The summed E-state index contributed by atoms with van der Waals surface area (Å²) in [6, 6.07) is 4.13. The number of amides is 1. The van der Waals surface area contributed by atoms with Crippen LogP contribution in [0.2, 0.25) is 0 Å². The molecule has 0 bridgehead atoms. The molecular formula is C15H22N2O. The van der Waals surface area contributed by atoms with Crippen molar-refractivity contribution in [2.45, 2.75) is 52.0 Å². The fourth-order valence-corrected chi connectivity index (χ4v) is 2.46. The van der Waals surface area contributed by atoms with Gasteiger partial charge in [0.05, 0.1) is 0 Å². The van der Waals surface area contributed by atoms with Gasteiger partial charge >= 0.3 is 0 Å². The van der Waals surface area contributed by atoms with E-state index in [1.807, 2.05) is 17.0 Å². The third-order valence-electron chi connectivity index (χ3n) is 3.68. The van der Waals surface area contributed by atoms with Crippen LogP contribution in [-0.2, 0) is 0 Å². The third-order valence-corrected chi connectivity index (χ3v) is 3.68. The van der Waals surface area contributed by atoms with E-state index in [2.05, 4.69) is 25.8 Å². The first-order valence-corrected chi connectivity index (χ1v) is 6.86. The highest BCUT2D eigenvalue weighted by atomic mass is 16.2. The van der Waals surface area contributed by atoms with Crippen molar-refractivity contribution in [1.29, 1.82) is 0 Å². The van der Waals surface area contributed by atoms with E-state index in [1.165, 1.54) is 6.42 Å². The highest BCUT2D eigenvalue weighted by molar-refractivity contribution is 5.94. The summed E-state index contributed by atoms with van der Waals surface area (Å²) < 4.78 is 0. The Morgan fingerprint density at radius 1 is 1.44 bits per heavy atom. The van der Waals surface area contributed by atoms with E-state index in [4.69, 9.17) is 0 Å². The number of rotatable bonds is 2. The molecule has 1 atom stereocenters. The molecule has 1 aromatic rings. The van der Waals surface area contributed by atoms with E-state index in [-0.39, 0.29) is 5.91 Å². The zero-order valence-electron chi connectivity index (χ0n) is 11.5. The van der Waals surface area contributed by atoms with Gasteiger partial charge in [-0.25, -0.2) is 0 Å². The molecule has 0 N–H and O–H groups in total. The average molecular weight is 246 g/mol. The van der Waals surface area contributed by atoms with Crippen molar-refractivity contribution >= 4 is 5.91 Å². The SMILES string of the molecule is CC(C)c1cc(C(=O)N2CCCC[C@@H]2C)ccn1. The van der Waals surface area contributed by atoms with E-state index in [0.29, 0.717) is 12.0 Å². The number of hydrogen-bond donors (Lipinski definition) is 0. The molecule has 1 aromatic heterocycles. The molecular weight excluding hydrogens is 224 g/mol. The summed E-state index contributed by atoms with van der Waals surface area (Å²) in [5.41, 5.74) is 1.77. The van der Waals surface area contributed by atoms with Gasteiger partial charge in [0.1, 0.15) is 0 Å². The van der Waals surface area contributed by atoms with Crippen LogP contribution in [0, 0.1) is 0 Å². The number of pyridine rings is 1. The molecule has 98 valence electrons. The number of carbonyl (C=O) groups excluding carboxylic acids is 1. The molecule has 1 amide bonds.